The van der Waals surface area contributed by atoms with Gasteiger partial charge in [-0.1, -0.05) is 42.0 Å². The van der Waals surface area contributed by atoms with Crippen molar-refractivity contribution in [3.63, 3.8) is 0 Å². The predicted molar refractivity (Wildman–Crippen MR) is 136 cm³/mol. The Morgan fingerprint density at radius 1 is 0.800 bits per heavy atom. The Morgan fingerprint density at radius 2 is 1.51 bits per heavy atom. The van der Waals surface area contributed by atoms with Gasteiger partial charge in [0.15, 0.2) is 0 Å². The Labute approximate surface area is 206 Å². The number of benzene rings is 3. The SMILES string of the molecule is Cc1ccc(S(=O)(=O)N2CCCN(C(=O)c3ccc(C)c(NC(=O)c4ccccc4)c3)CC2)cc1. The van der Waals surface area contributed by atoms with E-state index in [4.69, 9.17) is 0 Å². The molecule has 1 aliphatic heterocycles. The lowest BCUT2D eigenvalue weighted by Gasteiger charge is -2.22. The van der Waals surface area contributed by atoms with Crippen LogP contribution in [0.15, 0.2) is 77.7 Å². The van der Waals surface area contributed by atoms with E-state index in [0.717, 1.165) is 11.1 Å². The summed E-state index contributed by atoms with van der Waals surface area (Å²) in [6.07, 6.45) is 0.542. The Bertz CT molecular complexity index is 1320. The molecule has 2 amide bonds. The average Bonchev–Trinajstić information content (AvgIpc) is 3.13. The van der Waals surface area contributed by atoms with Gasteiger partial charge in [0, 0.05) is 43.0 Å². The maximum absolute atomic E-state index is 13.3. The van der Waals surface area contributed by atoms with Crippen LogP contribution in [0.4, 0.5) is 5.69 Å². The number of rotatable bonds is 5. The second-order valence-corrected chi connectivity index (χ2v) is 10.7. The molecule has 0 saturated carbocycles. The van der Waals surface area contributed by atoms with Gasteiger partial charge in [-0.3, -0.25) is 9.59 Å². The van der Waals surface area contributed by atoms with Crippen molar-refractivity contribution < 1.29 is 18.0 Å². The maximum Gasteiger partial charge on any atom is 0.255 e. The Balaban J connectivity index is 1.46. The fourth-order valence-electron chi connectivity index (χ4n) is 4.05. The summed E-state index contributed by atoms with van der Waals surface area (Å²) in [7, 11) is -3.62. The zero-order valence-electron chi connectivity index (χ0n) is 19.9. The number of nitrogens with zero attached hydrogens (tertiary/aromatic N) is 2. The second-order valence-electron chi connectivity index (χ2n) is 8.71. The van der Waals surface area contributed by atoms with Gasteiger partial charge in [0.2, 0.25) is 10.0 Å². The van der Waals surface area contributed by atoms with Crippen molar-refractivity contribution in [1.29, 1.82) is 0 Å². The van der Waals surface area contributed by atoms with E-state index in [1.807, 2.05) is 19.9 Å². The molecule has 1 aliphatic rings. The summed E-state index contributed by atoms with van der Waals surface area (Å²) in [4.78, 5) is 27.8. The van der Waals surface area contributed by atoms with Crippen LogP contribution in [-0.4, -0.2) is 55.6 Å². The summed E-state index contributed by atoms with van der Waals surface area (Å²) in [6.45, 7) is 5.11. The van der Waals surface area contributed by atoms with Gasteiger partial charge in [-0.15, -0.1) is 0 Å². The summed E-state index contributed by atoms with van der Waals surface area (Å²) in [5.41, 5.74) is 3.40. The molecule has 4 rings (SSSR count). The van der Waals surface area contributed by atoms with Gasteiger partial charge < -0.3 is 10.2 Å². The summed E-state index contributed by atoms with van der Waals surface area (Å²) in [5.74, 6) is -0.431. The topological polar surface area (TPSA) is 86.8 Å². The van der Waals surface area contributed by atoms with Crippen molar-refractivity contribution in [2.45, 2.75) is 25.2 Å². The molecule has 182 valence electrons. The predicted octanol–water partition coefficient (Wildman–Crippen LogP) is 4.09. The van der Waals surface area contributed by atoms with Crippen LogP contribution in [0.5, 0.6) is 0 Å². The molecule has 1 heterocycles. The largest absolute Gasteiger partial charge is 0.337 e. The van der Waals surface area contributed by atoms with Crippen LogP contribution >= 0.6 is 0 Å². The summed E-state index contributed by atoms with van der Waals surface area (Å²) >= 11 is 0. The first kappa shape index (κ1) is 24.6. The molecule has 1 fully saturated rings. The Morgan fingerprint density at radius 3 is 2.23 bits per heavy atom. The van der Waals surface area contributed by atoms with Crippen LogP contribution in [0.1, 0.15) is 38.3 Å². The van der Waals surface area contributed by atoms with Crippen molar-refractivity contribution >= 4 is 27.5 Å². The number of aryl methyl sites for hydroxylation is 2. The molecule has 0 spiro atoms. The molecule has 8 heteroatoms. The standard InChI is InChI=1S/C27H29N3O4S/c1-20-9-13-24(14-10-20)35(33,34)30-16-6-15-29(17-18-30)27(32)23-12-11-21(2)25(19-23)28-26(31)22-7-4-3-5-8-22/h3-5,7-14,19H,6,15-18H2,1-2H3,(H,28,31). The summed E-state index contributed by atoms with van der Waals surface area (Å²) in [5, 5.41) is 2.89. The highest BCUT2D eigenvalue weighted by Gasteiger charge is 2.28. The number of hydrogen-bond donors (Lipinski definition) is 1. The Kier molecular flexibility index (Phi) is 7.33. The molecule has 0 radical (unpaired) electrons. The Hall–Kier alpha value is -3.49. The van der Waals surface area contributed by atoms with Crippen LogP contribution in [0.25, 0.3) is 0 Å². The molecular weight excluding hydrogens is 462 g/mol. The molecule has 7 nitrogen and oxygen atoms in total. The van der Waals surface area contributed by atoms with Crippen molar-refractivity contribution in [1.82, 2.24) is 9.21 Å². The molecule has 35 heavy (non-hydrogen) atoms. The summed E-state index contributed by atoms with van der Waals surface area (Å²) < 4.78 is 27.6. The van der Waals surface area contributed by atoms with Gasteiger partial charge in [0.05, 0.1) is 4.90 Å². The van der Waals surface area contributed by atoms with Gasteiger partial charge in [0.25, 0.3) is 11.8 Å². The molecule has 0 aliphatic carbocycles. The van der Waals surface area contributed by atoms with Crippen molar-refractivity contribution in [3.8, 4) is 0 Å². The van der Waals surface area contributed by atoms with E-state index >= 15 is 0 Å². The van der Waals surface area contributed by atoms with Crippen LogP contribution in [0, 0.1) is 13.8 Å². The second kappa shape index (κ2) is 10.4. The first-order valence-electron chi connectivity index (χ1n) is 11.6. The van der Waals surface area contributed by atoms with Crippen molar-refractivity contribution in [3.05, 3.63) is 95.1 Å². The molecule has 0 unspecified atom stereocenters. The fourth-order valence-corrected chi connectivity index (χ4v) is 5.52. The van der Waals surface area contributed by atoms with E-state index in [1.54, 1.807) is 71.6 Å². The van der Waals surface area contributed by atoms with E-state index in [-0.39, 0.29) is 23.3 Å². The number of carbonyl (C=O) groups is 2. The quantitative estimate of drug-likeness (QED) is 0.582. The van der Waals surface area contributed by atoms with Gasteiger partial charge >= 0.3 is 0 Å². The monoisotopic (exact) mass is 491 g/mol. The van der Waals surface area contributed by atoms with E-state index in [0.29, 0.717) is 42.9 Å². The van der Waals surface area contributed by atoms with E-state index < -0.39 is 10.0 Å². The van der Waals surface area contributed by atoms with Gasteiger partial charge in [-0.25, -0.2) is 8.42 Å². The molecule has 0 atom stereocenters. The van der Waals surface area contributed by atoms with Crippen LogP contribution in [0.3, 0.4) is 0 Å². The zero-order valence-corrected chi connectivity index (χ0v) is 20.7. The lowest BCUT2D eigenvalue weighted by atomic mass is 10.1. The molecule has 1 saturated heterocycles. The van der Waals surface area contributed by atoms with E-state index in [2.05, 4.69) is 5.32 Å². The van der Waals surface area contributed by atoms with Gasteiger partial charge in [0.1, 0.15) is 0 Å². The van der Waals surface area contributed by atoms with Crippen molar-refractivity contribution in [2.75, 3.05) is 31.5 Å². The van der Waals surface area contributed by atoms with Crippen molar-refractivity contribution in [2.24, 2.45) is 0 Å². The van der Waals surface area contributed by atoms with Crippen LogP contribution in [0.2, 0.25) is 0 Å². The van der Waals surface area contributed by atoms with Crippen LogP contribution in [-0.2, 0) is 10.0 Å². The first-order valence-corrected chi connectivity index (χ1v) is 13.0. The summed E-state index contributed by atoms with van der Waals surface area (Å²) in [6, 6.07) is 20.9. The highest BCUT2D eigenvalue weighted by Crippen LogP contribution is 2.22. The number of nitrogens with one attached hydrogen (secondary N) is 1. The minimum Gasteiger partial charge on any atom is -0.337 e. The molecule has 1 N–H and O–H groups in total. The van der Waals surface area contributed by atoms with E-state index in [9.17, 15) is 18.0 Å². The third-order valence-corrected chi connectivity index (χ3v) is 8.08. The highest BCUT2D eigenvalue weighted by atomic mass is 32.2. The third-order valence-electron chi connectivity index (χ3n) is 6.17. The number of carbonyl (C=O) groups excluding carboxylic acids is 2. The molecule has 0 aromatic heterocycles. The fraction of sp³-hybridized carbons (Fsp3) is 0.259. The van der Waals surface area contributed by atoms with Gasteiger partial charge in [-0.05, 0) is 62.2 Å². The lowest BCUT2D eigenvalue weighted by molar-refractivity contribution is 0.0764. The van der Waals surface area contributed by atoms with Gasteiger partial charge in [-0.2, -0.15) is 4.31 Å². The minimum atomic E-state index is -3.62. The normalized spacial score (nSPS) is 14.9. The smallest absolute Gasteiger partial charge is 0.255 e. The molecule has 3 aromatic carbocycles. The number of sulfonamides is 1. The average molecular weight is 492 g/mol. The third kappa shape index (κ3) is 5.61. The van der Waals surface area contributed by atoms with Crippen LogP contribution < -0.4 is 5.32 Å². The molecule has 0 bridgehead atoms. The maximum atomic E-state index is 13.3. The molecular formula is C27H29N3O4S. The highest BCUT2D eigenvalue weighted by molar-refractivity contribution is 7.89. The molecule has 3 aromatic rings. The number of hydrogen-bond acceptors (Lipinski definition) is 4. The number of amides is 2. The van der Waals surface area contributed by atoms with E-state index in [1.165, 1.54) is 4.31 Å². The number of anilines is 1. The zero-order chi connectivity index (χ0) is 25.0. The minimum absolute atomic E-state index is 0.185. The first-order chi connectivity index (χ1) is 16.8. The lowest BCUT2D eigenvalue weighted by Crippen LogP contribution is -2.37.